The second kappa shape index (κ2) is 6.80. The Morgan fingerprint density at radius 2 is 2.17 bits per heavy atom. The molecule has 1 aromatic heterocycles. The molecule has 2 rings (SSSR count). The molecule has 0 amide bonds. The van der Waals surface area contributed by atoms with Gasteiger partial charge >= 0.3 is 5.97 Å². The molecule has 1 heterocycles. The Bertz CT molecular complexity index is 794. The van der Waals surface area contributed by atoms with Crippen LogP contribution in [0.3, 0.4) is 0 Å². The van der Waals surface area contributed by atoms with E-state index in [2.05, 4.69) is 9.82 Å². The van der Waals surface area contributed by atoms with E-state index >= 15 is 0 Å². The second-order valence-corrected chi connectivity index (χ2v) is 6.59. The molecule has 2 aromatic rings. The first kappa shape index (κ1) is 17.0. The Labute approximate surface area is 133 Å². The fourth-order valence-corrected chi connectivity index (χ4v) is 3.42. The number of ether oxygens (including phenoxy) is 1. The van der Waals surface area contributed by atoms with Crippen LogP contribution in [0.5, 0.6) is 5.75 Å². The molecule has 0 saturated carbocycles. The van der Waals surface area contributed by atoms with Crippen molar-refractivity contribution in [3.8, 4) is 5.75 Å². The molecular weight excluding hydrogens is 322 g/mol. The molecule has 8 nitrogen and oxygen atoms in total. The van der Waals surface area contributed by atoms with Gasteiger partial charge in [0.2, 0.25) is 0 Å². The lowest BCUT2D eigenvalue weighted by atomic mass is 10.2. The number of rotatable bonds is 7. The van der Waals surface area contributed by atoms with Crippen molar-refractivity contribution >= 4 is 16.0 Å². The third kappa shape index (κ3) is 4.30. The lowest BCUT2D eigenvalue weighted by Gasteiger charge is -2.09. The Morgan fingerprint density at radius 3 is 2.78 bits per heavy atom. The number of carboxylic acids is 1. The lowest BCUT2D eigenvalue weighted by Crippen LogP contribution is -2.26. The van der Waals surface area contributed by atoms with Crippen LogP contribution in [0.2, 0.25) is 0 Å². The molecular formula is C14H17N3O5S. The molecule has 9 heteroatoms. The van der Waals surface area contributed by atoms with E-state index in [1.54, 1.807) is 38.2 Å². The maximum atomic E-state index is 12.3. The average Bonchev–Trinajstić information content (AvgIpc) is 2.83. The molecule has 0 atom stereocenters. The van der Waals surface area contributed by atoms with E-state index in [1.165, 1.54) is 10.9 Å². The van der Waals surface area contributed by atoms with Crippen molar-refractivity contribution in [2.45, 2.75) is 18.5 Å². The van der Waals surface area contributed by atoms with Gasteiger partial charge in [0.25, 0.3) is 10.0 Å². The number of benzene rings is 1. The monoisotopic (exact) mass is 339 g/mol. The molecule has 0 aliphatic heterocycles. The summed E-state index contributed by atoms with van der Waals surface area (Å²) in [4.78, 5) is 10.5. The second-order valence-electron chi connectivity index (χ2n) is 4.91. The predicted molar refractivity (Wildman–Crippen MR) is 81.5 cm³/mol. The van der Waals surface area contributed by atoms with Gasteiger partial charge in [-0.2, -0.15) is 5.10 Å². The first-order valence-corrected chi connectivity index (χ1v) is 8.19. The van der Waals surface area contributed by atoms with Gasteiger partial charge in [0.1, 0.15) is 5.75 Å². The van der Waals surface area contributed by atoms with E-state index in [-0.39, 0.29) is 11.6 Å². The van der Waals surface area contributed by atoms with Gasteiger partial charge in [-0.1, -0.05) is 12.1 Å². The maximum Gasteiger partial charge on any atom is 0.341 e. The molecule has 23 heavy (non-hydrogen) atoms. The van der Waals surface area contributed by atoms with Crippen molar-refractivity contribution < 1.29 is 23.1 Å². The molecule has 1 aromatic carbocycles. The number of nitrogens with zero attached hydrogens (tertiary/aromatic N) is 2. The van der Waals surface area contributed by atoms with Crippen molar-refractivity contribution in [3.05, 3.63) is 41.6 Å². The Hall–Kier alpha value is -2.39. The summed E-state index contributed by atoms with van der Waals surface area (Å²) in [6.45, 7) is 1.27. The molecule has 2 N–H and O–H groups in total. The third-order valence-electron chi connectivity index (χ3n) is 3.04. The summed E-state index contributed by atoms with van der Waals surface area (Å²) in [5, 5.41) is 12.6. The molecule has 0 saturated heterocycles. The Kier molecular flexibility index (Phi) is 5.02. The van der Waals surface area contributed by atoms with Crippen molar-refractivity contribution in [2.24, 2.45) is 7.05 Å². The van der Waals surface area contributed by atoms with Gasteiger partial charge in [-0.15, -0.1) is 0 Å². The number of aliphatic carboxylic acids is 1. The van der Waals surface area contributed by atoms with E-state index < -0.39 is 22.6 Å². The summed E-state index contributed by atoms with van der Waals surface area (Å²) in [5.74, 6) is -0.719. The average molecular weight is 339 g/mol. The fraction of sp³-hybridized carbons (Fsp3) is 0.286. The highest BCUT2D eigenvalue weighted by Gasteiger charge is 2.21. The largest absolute Gasteiger partial charge is 0.482 e. The molecule has 0 spiro atoms. The zero-order valence-corrected chi connectivity index (χ0v) is 13.5. The number of carbonyl (C=O) groups is 1. The van der Waals surface area contributed by atoms with Crippen molar-refractivity contribution in [1.82, 2.24) is 14.5 Å². The van der Waals surface area contributed by atoms with E-state index in [9.17, 15) is 13.2 Å². The minimum Gasteiger partial charge on any atom is -0.482 e. The normalized spacial score (nSPS) is 11.4. The van der Waals surface area contributed by atoms with Crippen molar-refractivity contribution in [3.63, 3.8) is 0 Å². The highest BCUT2D eigenvalue weighted by Crippen LogP contribution is 2.16. The van der Waals surface area contributed by atoms with Crippen LogP contribution in [0.15, 0.2) is 35.5 Å². The predicted octanol–water partition coefficient (Wildman–Crippen LogP) is 0.670. The van der Waals surface area contributed by atoms with Crippen LogP contribution in [-0.4, -0.2) is 35.9 Å². The fourth-order valence-electron chi connectivity index (χ4n) is 2.06. The summed E-state index contributed by atoms with van der Waals surface area (Å²) < 4.78 is 33.5. The van der Waals surface area contributed by atoms with Crippen LogP contribution in [0.4, 0.5) is 0 Å². The molecule has 0 aliphatic rings. The minimum atomic E-state index is -3.70. The minimum absolute atomic E-state index is 0.0528. The number of nitrogens with one attached hydrogen (secondary N) is 1. The van der Waals surface area contributed by atoms with Crippen LogP contribution in [-0.2, 0) is 28.4 Å². The van der Waals surface area contributed by atoms with Gasteiger partial charge in [0.05, 0.1) is 6.20 Å². The standard InChI is InChI=1S/C14H17N3O5S/c1-10-7-15-17(2)14(10)23(20,21)16-8-11-4-3-5-12(6-11)22-9-13(18)19/h3-7,16H,8-9H2,1-2H3,(H,18,19). The van der Waals surface area contributed by atoms with Gasteiger partial charge in [0.15, 0.2) is 11.6 Å². The van der Waals surface area contributed by atoms with Gasteiger partial charge in [-0.05, 0) is 24.6 Å². The number of sulfonamides is 1. The van der Waals surface area contributed by atoms with Crippen molar-refractivity contribution in [1.29, 1.82) is 0 Å². The summed E-state index contributed by atoms with van der Waals surface area (Å²) in [6, 6.07) is 6.57. The zero-order valence-electron chi connectivity index (χ0n) is 12.7. The molecule has 0 radical (unpaired) electrons. The SMILES string of the molecule is Cc1cnn(C)c1S(=O)(=O)NCc1cccc(OCC(=O)O)c1. The number of hydrogen-bond acceptors (Lipinski definition) is 5. The molecule has 0 unspecified atom stereocenters. The molecule has 0 fully saturated rings. The van der Waals surface area contributed by atoms with Crippen LogP contribution in [0.1, 0.15) is 11.1 Å². The highest BCUT2D eigenvalue weighted by molar-refractivity contribution is 7.89. The number of aromatic nitrogens is 2. The lowest BCUT2D eigenvalue weighted by molar-refractivity contribution is -0.139. The van der Waals surface area contributed by atoms with E-state index in [4.69, 9.17) is 9.84 Å². The summed E-state index contributed by atoms with van der Waals surface area (Å²) in [5.41, 5.74) is 1.20. The molecule has 0 aliphatic carbocycles. The first-order valence-electron chi connectivity index (χ1n) is 6.71. The quantitative estimate of drug-likeness (QED) is 0.767. The maximum absolute atomic E-state index is 12.3. The number of aryl methyl sites for hydroxylation is 2. The van der Waals surface area contributed by atoms with Crippen LogP contribution in [0.25, 0.3) is 0 Å². The van der Waals surface area contributed by atoms with Gasteiger partial charge in [0, 0.05) is 19.2 Å². The van der Waals surface area contributed by atoms with E-state index in [0.29, 0.717) is 16.9 Å². The zero-order chi connectivity index (χ0) is 17.0. The number of hydrogen-bond donors (Lipinski definition) is 2. The van der Waals surface area contributed by atoms with Gasteiger partial charge < -0.3 is 9.84 Å². The van der Waals surface area contributed by atoms with Gasteiger partial charge in [-0.25, -0.2) is 17.9 Å². The van der Waals surface area contributed by atoms with Crippen LogP contribution in [0, 0.1) is 6.92 Å². The summed E-state index contributed by atoms with van der Waals surface area (Å²) in [7, 11) is -2.14. The van der Waals surface area contributed by atoms with Crippen LogP contribution >= 0.6 is 0 Å². The highest BCUT2D eigenvalue weighted by atomic mass is 32.2. The van der Waals surface area contributed by atoms with Gasteiger partial charge in [-0.3, -0.25) is 4.68 Å². The van der Waals surface area contributed by atoms with E-state index in [1.807, 2.05) is 0 Å². The third-order valence-corrected chi connectivity index (χ3v) is 4.66. The summed E-state index contributed by atoms with van der Waals surface area (Å²) >= 11 is 0. The van der Waals surface area contributed by atoms with Crippen molar-refractivity contribution in [2.75, 3.05) is 6.61 Å². The first-order chi connectivity index (χ1) is 10.8. The smallest absolute Gasteiger partial charge is 0.341 e. The Morgan fingerprint density at radius 1 is 1.43 bits per heavy atom. The Balaban J connectivity index is 2.08. The topological polar surface area (TPSA) is 111 Å². The molecule has 124 valence electrons. The van der Waals surface area contributed by atoms with Crippen LogP contribution < -0.4 is 9.46 Å². The molecule has 0 bridgehead atoms. The number of carboxylic acid groups (broad SMARTS) is 1. The van der Waals surface area contributed by atoms with E-state index in [0.717, 1.165) is 0 Å². The summed E-state index contributed by atoms with van der Waals surface area (Å²) in [6.07, 6.45) is 1.48.